The third-order valence-corrected chi connectivity index (χ3v) is 1.65. The van der Waals surface area contributed by atoms with Crippen molar-refractivity contribution in [3.05, 3.63) is 0 Å². The van der Waals surface area contributed by atoms with E-state index in [1.54, 1.807) is 0 Å². The Kier molecular flexibility index (Phi) is 17.1. The van der Waals surface area contributed by atoms with Crippen molar-refractivity contribution in [1.29, 1.82) is 0 Å². The highest BCUT2D eigenvalue weighted by Gasteiger charge is 2.10. The largest absolute Gasteiger partial charge is 0.380 e. The van der Waals surface area contributed by atoms with Crippen LogP contribution in [0.3, 0.4) is 0 Å². The molecule has 2 heteroatoms. The molecule has 1 heterocycles. The minimum absolute atomic E-state index is 0.628. The predicted octanol–water partition coefficient (Wildman–Crippen LogP) is 2.83. The summed E-state index contributed by atoms with van der Waals surface area (Å²) < 4.78 is 5.27. The second kappa shape index (κ2) is 14.4. The van der Waals surface area contributed by atoms with Crippen LogP contribution in [0.4, 0.5) is 0 Å². The van der Waals surface area contributed by atoms with E-state index in [1.165, 1.54) is 12.8 Å². The molecule has 0 aromatic heterocycles. The average Bonchev–Trinajstić information content (AvgIpc) is 2.26. The van der Waals surface area contributed by atoms with Crippen LogP contribution in [0.25, 0.3) is 0 Å². The van der Waals surface area contributed by atoms with Gasteiger partial charge >= 0.3 is 0 Å². The van der Waals surface area contributed by atoms with Gasteiger partial charge in [0.1, 0.15) is 0 Å². The van der Waals surface area contributed by atoms with Gasteiger partial charge in [-0.15, -0.1) is 0 Å². The van der Waals surface area contributed by atoms with Crippen LogP contribution in [-0.2, 0) is 4.74 Å². The molecular weight excluding hydrogens is 162 g/mol. The fraction of sp³-hybridized carbons (Fsp3) is 1.00. The topological polar surface area (TPSA) is 21.3 Å². The number of rotatable bonds is 2. The normalized spacial score (nSPS) is 20.5. The maximum absolute atomic E-state index is 5.27. The number of likely N-dealkylation sites (N-methyl/N-ethyl adjacent to an activating group) is 1. The van der Waals surface area contributed by atoms with Crippen molar-refractivity contribution in [1.82, 2.24) is 5.32 Å². The highest BCUT2D eigenvalue weighted by molar-refractivity contribution is 4.68. The predicted molar refractivity (Wildman–Crippen MR) is 60.2 cm³/mol. The van der Waals surface area contributed by atoms with E-state index < -0.39 is 0 Å². The monoisotopic (exact) mass is 189 g/mol. The first-order valence-corrected chi connectivity index (χ1v) is 5.74. The molecule has 1 N–H and O–H groups in total. The first-order chi connectivity index (χ1) is 6.43. The van der Waals surface area contributed by atoms with E-state index in [1.807, 2.05) is 27.7 Å². The summed E-state index contributed by atoms with van der Waals surface area (Å²) in [5.41, 5.74) is 0. The summed E-state index contributed by atoms with van der Waals surface area (Å²) in [4.78, 5) is 0. The summed E-state index contributed by atoms with van der Waals surface area (Å²) in [5, 5.41) is 3.36. The Morgan fingerprint density at radius 1 is 1.23 bits per heavy atom. The molecule has 2 nitrogen and oxygen atoms in total. The maximum atomic E-state index is 5.27. The van der Waals surface area contributed by atoms with Gasteiger partial charge in [-0.05, 0) is 19.4 Å². The van der Waals surface area contributed by atoms with Gasteiger partial charge in [0.25, 0.3) is 0 Å². The summed E-state index contributed by atoms with van der Waals surface area (Å²) in [6, 6.07) is 0.628. The van der Waals surface area contributed by atoms with Gasteiger partial charge in [0.05, 0.1) is 6.61 Å². The smallest absolute Gasteiger partial charge is 0.0619 e. The number of hydrogen-bond acceptors (Lipinski definition) is 2. The molecule has 82 valence electrons. The third-order valence-electron chi connectivity index (χ3n) is 1.65. The van der Waals surface area contributed by atoms with Crippen molar-refractivity contribution in [2.24, 2.45) is 0 Å². The van der Waals surface area contributed by atoms with Gasteiger partial charge in [-0.1, -0.05) is 34.6 Å². The van der Waals surface area contributed by atoms with E-state index in [9.17, 15) is 0 Å². The van der Waals surface area contributed by atoms with Crippen molar-refractivity contribution in [2.75, 3.05) is 19.8 Å². The highest BCUT2D eigenvalue weighted by atomic mass is 16.5. The van der Waals surface area contributed by atoms with Crippen LogP contribution in [-0.4, -0.2) is 25.8 Å². The SMILES string of the molecule is CC.CC.CCNC1CCCOC1. The Balaban J connectivity index is 0. The molecule has 13 heavy (non-hydrogen) atoms. The van der Waals surface area contributed by atoms with Gasteiger partial charge in [0.15, 0.2) is 0 Å². The number of ether oxygens (including phenoxy) is 1. The standard InChI is InChI=1S/C7H15NO.2C2H6/c1-2-8-7-4-3-5-9-6-7;2*1-2/h7-8H,2-6H2,1H3;2*1-2H3. The van der Waals surface area contributed by atoms with E-state index in [0.717, 1.165) is 19.8 Å². The third kappa shape index (κ3) is 9.84. The summed E-state index contributed by atoms with van der Waals surface area (Å²) in [6.45, 7) is 13.1. The fourth-order valence-electron chi connectivity index (χ4n) is 1.19. The van der Waals surface area contributed by atoms with Gasteiger partial charge in [-0.3, -0.25) is 0 Å². The van der Waals surface area contributed by atoms with Crippen molar-refractivity contribution in [2.45, 2.75) is 53.5 Å². The Hall–Kier alpha value is -0.0800. The second-order valence-corrected chi connectivity index (χ2v) is 2.47. The molecule has 0 bridgehead atoms. The van der Waals surface area contributed by atoms with Crippen molar-refractivity contribution in [3.8, 4) is 0 Å². The van der Waals surface area contributed by atoms with Crippen molar-refractivity contribution >= 4 is 0 Å². The summed E-state index contributed by atoms with van der Waals surface area (Å²) in [6.07, 6.45) is 2.51. The first kappa shape index (κ1) is 15.4. The zero-order chi connectivity index (χ0) is 10.5. The van der Waals surface area contributed by atoms with Crippen LogP contribution >= 0.6 is 0 Å². The Morgan fingerprint density at radius 2 is 1.85 bits per heavy atom. The van der Waals surface area contributed by atoms with E-state index in [2.05, 4.69) is 12.2 Å². The number of hydrogen-bond donors (Lipinski definition) is 1. The maximum Gasteiger partial charge on any atom is 0.0619 e. The molecule has 1 rings (SSSR count). The number of nitrogens with one attached hydrogen (secondary N) is 1. The molecule has 1 saturated heterocycles. The minimum atomic E-state index is 0.628. The summed E-state index contributed by atoms with van der Waals surface area (Å²) in [7, 11) is 0. The van der Waals surface area contributed by atoms with Gasteiger partial charge in [0, 0.05) is 12.6 Å². The molecule has 0 radical (unpaired) electrons. The van der Waals surface area contributed by atoms with Crippen LogP contribution in [0.15, 0.2) is 0 Å². The molecular formula is C11H27NO. The van der Waals surface area contributed by atoms with Crippen LogP contribution in [0.1, 0.15) is 47.5 Å². The molecule has 1 atom stereocenters. The van der Waals surface area contributed by atoms with Gasteiger partial charge in [0.2, 0.25) is 0 Å². The second-order valence-electron chi connectivity index (χ2n) is 2.47. The molecule has 0 amide bonds. The van der Waals surface area contributed by atoms with Crippen molar-refractivity contribution < 1.29 is 4.74 Å². The lowest BCUT2D eigenvalue weighted by Gasteiger charge is -2.22. The molecule has 0 spiro atoms. The lowest BCUT2D eigenvalue weighted by molar-refractivity contribution is 0.0711. The van der Waals surface area contributed by atoms with Crippen LogP contribution < -0.4 is 5.32 Å². The molecule has 1 unspecified atom stereocenters. The summed E-state index contributed by atoms with van der Waals surface area (Å²) in [5.74, 6) is 0. The molecule has 0 aliphatic carbocycles. The molecule has 0 aromatic carbocycles. The molecule has 1 fully saturated rings. The van der Waals surface area contributed by atoms with E-state index in [0.29, 0.717) is 6.04 Å². The van der Waals surface area contributed by atoms with Crippen LogP contribution in [0.5, 0.6) is 0 Å². The molecule has 0 aromatic rings. The highest BCUT2D eigenvalue weighted by Crippen LogP contribution is 2.04. The van der Waals surface area contributed by atoms with Crippen LogP contribution in [0, 0.1) is 0 Å². The minimum Gasteiger partial charge on any atom is -0.380 e. The quantitative estimate of drug-likeness (QED) is 0.721. The molecule has 1 aliphatic rings. The fourth-order valence-corrected chi connectivity index (χ4v) is 1.19. The van der Waals surface area contributed by atoms with Gasteiger partial charge in [-0.25, -0.2) is 0 Å². The first-order valence-electron chi connectivity index (χ1n) is 5.74. The molecule has 0 saturated carbocycles. The lowest BCUT2D eigenvalue weighted by atomic mass is 10.1. The lowest BCUT2D eigenvalue weighted by Crippen LogP contribution is -2.36. The van der Waals surface area contributed by atoms with E-state index >= 15 is 0 Å². The zero-order valence-corrected chi connectivity index (χ0v) is 10.0. The van der Waals surface area contributed by atoms with E-state index in [4.69, 9.17) is 4.74 Å². The van der Waals surface area contributed by atoms with Crippen LogP contribution in [0.2, 0.25) is 0 Å². The van der Waals surface area contributed by atoms with Crippen molar-refractivity contribution in [3.63, 3.8) is 0 Å². The van der Waals surface area contributed by atoms with E-state index in [-0.39, 0.29) is 0 Å². The van der Waals surface area contributed by atoms with Gasteiger partial charge < -0.3 is 10.1 Å². The molecule has 1 aliphatic heterocycles. The Labute approximate surface area is 84.1 Å². The zero-order valence-electron chi connectivity index (χ0n) is 10.0. The average molecular weight is 189 g/mol. The Bertz CT molecular complexity index is 67.7. The Morgan fingerprint density at radius 3 is 2.23 bits per heavy atom. The van der Waals surface area contributed by atoms with Gasteiger partial charge in [-0.2, -0.15) is 0 Å². The summed E-state index contributed by atoms with van der Waals surface area (Å²) >= 11 is 0.